The van der Waals surface area contributed by atoms with Crippen LogP contribution in [0.3, 0.4) is 0 Å². The molecule has 0 aromatic heterocycles. The zero-order chi connectivity index (χ0) is 14.6. The van der Waals surface area contributed by atoms with E-state index in [1.54, 1.807) is 0 Å². The van der Waals surface area contributed by atoms with Crippen molar-refractivity contribution >= 4 is 0 Å². The molecule has 2 nitrogen and oxygen atoms in total. The van der Waals surface area contributed by atoms with Crippen molar-refractivity contribution < 1.29 is 5.11 Å². The Labute approximate surface area is 124 Å². The summed E-state index contributed by atoms with van der Waals surface area (Å²) in [6.45, 7) is 4.21. The Bertz CT molecular complexity index is 341. The molecule has 1 unspecified atom stereocenters. The summed E-state index contributed by atoms with van der Waals surface area (Å²) in [6.07, 6.45) is 12.5. The van der Waals surface area contributed by atoms with E-state index >= 15 is 0 Å². The lowest BCUT2D eigenvalue weighted by Crippen LogP contribution is -2.52. The quantitative estimate of drug-likeness (QED) is 0.800. The minimum Gasteiger partial charge on any atom is -0.388 e. The Morgan fingerprint density at radius 2 is 1.75 bits per heavy atom. The highest BCUT2D eigenvalue weighted by Gasteiger charge is 2.53. The lowest BCUT2D eigenvalue weighted by molar-refractivity contribution is -0.115. The molecule has 0 aliphatic heterocycles. The Morgan fingerprint density at radius 3 is 2.25 bits per heavy atom. The van der Waals surface area contributed by atoms with Crippen LogP contribution in [0.2, 0.25) is 0 Å². The summed E-state index contributed by atoms with van der Waals surface area (Å²) in [4.78, 5) is 0. The third-order valence-electron chi connectivity index (χ3n) is 6.24. The Kier molecular flexibility index (Phi) is 5.13. The van der Waals surface area contributed by atoms with Crippen LogP contribution in [-0.2, 0) is 0 Å². The molecular weight excluding hydrogens is 246 g/mol. The summed E-state index contributed by atoms with van der Waals surface area (Å²) in [6, 6.07) is 2.57. The average molecular weight is 277 g/mol. The molecule has 2 fully saturated rings. The van der Waals surface area contributed by atoms with Gasteiger partial charge in [-0.1, -0.05) is 39.0 Å². The van der Waals surface area contributed by atoms with Crippen LogP contribution >= 0.6 is 0 Å². The van der Waals surface area contributed by atoms with E-state index in [4.69, 9.17) is 0 Å². The molecule has 0 aromatic rings. The molecule has 0 aromatic carbocycles. The number of nitriles is 1. The van der Waals surface area contributed by atoms with E-state index in [0.29, 0.717) is 5.92 Å². The van der Waals surface area contributed by atoms with Crippen LogP contribution in [0.4, 0.5) is 0 Å². The molecule has 2 saturated carbocycles. The molecule has 0 saturated heterocycles. The summed E-state index contributed by atoms with van der Waals surface area (Å²) in [5, 5.41) is 21.0. The van der Waals surface area contributed by atoms with Gasteiger partial charge in [0.05, 0.1) is 17.1 Å². The topological polar surface area (TPSA) is 44.0 Å². The van der Waals surface area contributed by atoms with Crippen LogP contribution in [-0.4, -0.2) is 10.7 Å². The Balaban J connectivity index is 2.08. The van der Waals surface area contributed by atoms with Crippen molar-refractivity contribution in [3.05, 3.63) is 0 Å². The van der Waals surface area contributed by atoms with E-state index in [-0.39, 0.29) is 0 Å². The van der Waals surface area contributed by atoms with E-state index in [1.165, 1.54) is 32.1 Å². The molecule has 2 aliphatic carbocycles. The predicted molar refractivity (Wildman–Crippen MR) is 82.1 cm³/mol. The second-order valence-corrected chi connectivity index (χ2v) is 7.41. The van der Waals surface area contributed by atoms with Crippen molar-refractivity contribution in [2.75, 3.05) is 0 Å². The molecule has 0 bridgehead atoms. The highest BCUT2D eigenvalue weighted by atomic mass is 16.3. The third-order valence-corrected chi connectivity index (χ3v) is 6.24. The van der Waals surface area contributed by atoms with Gasteiger partial charge in [0.2, 0.25) is 0 Å². The SMILES string of the molecule is CCCC1CCC(C#N)(C(C)(O)C2CCCCC2)CC1. The summed E-state index contributed by atoms with van der Waals surface area (Å²) in [7, 11) is 0. The number of rotatable bonds is 4. The van der Waals surface area contributed by atoms with Gasteiger partial charge in [0.25, 0.3) is 0 Å². The van der Waals surface area contributed by atoms with Crippen LogP contribution in [0.1, 0.15) is 84.5 Å². The molecule has 0 spiro atoms. The van der Waals surface area contributed by atoms with Crippen LogP contribution in [0.15, 0.2) is 0 Å². The molecule has 0 radical (unpaired) electrons. The van der Waals surface area contributed by atoms with Gasteiger partial charge in [-0.25, -0.2) is 0 Å². The van der Waals surface area contributed by atoms with Crippen molar-refractivity contribution in [2.45, 2.75) is 90.1 Å². The Hall–Kier alpha value is -0.550. The van der Waals surface area contributed by atoms with Crippen molar-refractivity contribution in [3.8, 4) is 6.07 Å². The highest BCUT2D eigenvalue weighted by molar-refractivity contribution is 5.13. The number of aliphatic hydroxyl groups is 1. The van der Waals surface area contributed by atoms with Gasteiger partial charge in [-0.3, -0.25) is 0 Å². The highest BCUT2D eigenvalue weighted by Crippen LogP contribution is 2.52. The summed E-state index contributed by atoms with van der Waals surface area (Å²) in [5.41, 5.74) is -1.28. The van der Waals surface area contributed by atoms with Gasteiger partial charge in [0, 0.05) is 0 Å². The van der Waals surface area contributed by atoms with Crippen LogP contribution in [0, 0.1) is 28.6 Å². The van der Waals surface area contributed by atoms with Crippen LogP contribution in [0.5, 0.6) is 0 Å². The largest absolute Gasteiger partial charge is 0.388 e. The minimum atomic E-state index is -0.792. The molecule has 2 aliphatic rings. The van der Waals surface area contributed by atoms with E-state index in [1.807, 2.05) is 6.92 Å². The molecular formula is C18H31NO. The fraction of sp³-hybridized carbons (Fsp3) is 0.944. The molecule has 1 atom stereocenters. The second kappa shape index (κ2) is 6.48. The lowest BCUT2D eigenvalue weighted by atomic mass is 9.57. The second-order valence-electron chi connectivity index (χ2n) is 7.41. The molecule has 1 N–H and O–H groups in total. The number of hydrogen-bond donors (Lipinski definition) is 1. The van der Waals surface area contributed by atoms with Gasteiger partial charge in [0.15, 0.2) is 0 Å². The lowest BCUT2D eigenvalue weighted by Gasteiger charge is -2.49. The van der Waals surface area contributed by atoms with E-state index in [0.717, 1.165) is 44.4 Å². The zero-order valence-electron chi connectivity index (χ0n) is 13.3. The summed E-state index contributed by atoms with van der Waals surface area (Å²) < 4.78 is 0. The van der Waals surface area contributed by atoms with Crippen molar-refractivity contribution in [2.24, 2.45) is 17.3 Å². The van der Waals surface area contributed by atoms with Crippen LogP contribution in [0.25, 0.3) is 0 Å². The first kappa shape index (κ1) is 15.8. The van der Waals surface area contributed by atoms with Crippen molar-refractivity contribution in [3.63, 3.8) is 0 Å². The monoisotopic (exact) mass is 277 g/mol. The van der Waals surface area contributed by atoms with Crippen molar-refractivity contribution in [1.29, 1.82) is 5.26 Å². The van der Waals surface area contributed by atoms with E-state index in [2.05, 4.69) is 13.0 Å². The zero-order valence-corrected chi connectivity index (χ0v) is 13.3. The van der Waals surface area contributed by atoms with Gasteiger partial charge in [-0.05, 0) is 57.3 Å². The molecule has 114 valence electrons. The summed E-state index contributed by atoms with van der Waals surface area (Å²) in [5.74, 6) is 1.11. The number of nitrogens with zero attached hydrogens (tertiary/aromatic N) is 1. The van der Waals surface area contributed by atoms with Gasteiger partial charge in [0.1, 0.15) is 0 Å². The van der Waals surface area contributed by atoms with E-state index < -0.39 is 11.0 Å². The minimum absolute atomic E-state index is 0.332. The number of hydrogen-bond acceptors (Lipinski definition) is 2. The molecule has 2 heteroatoms. The average Bonchev–Trinajstić information content (AvgIpc) is 2.49. The molecule has 0 heterocycles. The molecule has 20 heavy (non-hydrogen) atoms. The maximum Gasteiger partial charge on any atom is 0.0860 e. The van der Waals surface area contributed by atoms with Crippen molar-refractivity contribution in [1.82, 2.24) is 0 Å². The van der Waals surface area contributed by atoms with Gasteiger partial charge in [-0.15, -0.1) is 0 Å². The van der Waals surface area contributed by atoms with Crippen LogP contribution < -0.4 is 0 Å². The maximum atomic E-state index is 11.2. The van der Waals surface area contributed by atoms with Gasteiger partial charge in [-0.2, -0.15) is 5.26 Å². The first-order chi connectivity index (χ1) is 9.55. The third kappa shape index (κ3) is 2.89. The fourth-order valence-electron chi connectivity index (χ4n) is 4.65. The molecule has 2 rings (SSSR count). The Morgan fingerprint density at radius 1 is 1.15 bits per heavy atom. The van der Waals surface area contributed by atoms with E-state index in [9.17, 15) is 10.4 Å². The molecule has 0 amide bonds. The standard InChI is InChI=1S/C18H31NO/c1-3-7-15-10-12-18(14-19,13-11-15)17(2,20)16-8-5-4-6-9-16/h15-16,20H,3-13H2,1-2H3. The fourth-order valence-corrected chi connectivity index (χ4v) is 4.65. The van der Waals surface area contributed by atoms with Gasteiger partial charge >= 0.3 is 0 Å². The van der Waals surface area contributed by atoms with Gasteiger partial charge < -0.3 is 5.11 Å². The first-order valence-electron chi connectivity index (χ1n) is 8.69. The smallest absolute Gasteiger partial charge is 0.0860 e. The normalized spacial score (nSPS) is 35.2. The first-order valence-corrected chi connectivity index (χ1v) is 8.69. The maximum absolute atomic E-state index is 11.2. The summed E-state index contributed by atoms with van der Waals surface area (Å²) >= 11 is 0. The predicted octanol–water partition coefficient (Wildman–Crippen LogP) is 4.82.